The van der Waals surface area contributed by atoms with Gasteiger partial charge in [-0.1, -0.05) is 17.9 Å². The summed E-state index contributed by atoms with van der Waals surface area (Å²) in [5.41, 5.74) is 7.09. The number of hydrogen-bond acceptors (Lipinski definition) is 13. The number of esters is 1. The number of ether oxygens (including phenoxy) is 3. The Morgan fingerprint density at radius 3 is 2.14 bits per heavy atom. The minimum atomic E-state index is -3.47. The highest BCUT2D eigenvalue weighted by atomic mass is 32.2. The van der Waals surface area contributed by atoms with Gasteiger partial charge in [-0.2, -0.15) is 0 Å². The van der Waals surface area contributed by atoms with Gasteiger partial charge < -0.3 is 30.6 Å². The van der Waals surface area contributed by atoms with Crippen LogP contribution in [0.1, 0.15) is 102 Å². The summed E-state index contributed by atoms with van der Waals surface area (Å²) in [6.07, 6.45) is 7.29. The summed E-state index contributed by atoms with van der Waals surface area (Å²) < 4.78 is 39.1. The molecule has 0 unspecified atom stereocenters. The highest BCUT2D eigenvalue weighted by Gasteiger charge is 2.24. The molecule has 2 rings (SSSR count). The number of aryl methyl sites for hydroxylation is 1. The van der Waals surface area contributed by atoms with E-state index >= 15 is 0 Å². The van der Waals surface area contributed by atoms with Crippen LogP contribution in [0.4, 0.5) is 10.5 Å². The number of ketones is 3. The fourth-order valence-corrected chi connectivity index (χ4v) is 5.68. The predicted molar refractivity (Wildman–Crippen MR) is 215 cm³/mol. The first-order valence-corrected chi connectivity index (χ1v) is 21.1. The van der Waals surface area contributed by atoms with Crippen LogP contribution in [-0.2, 0) is 54.6 Å². The lowest BCUT2D eigenvalue weighted by atomic mass is 9.95. The second kappa shape index (κ2) is 25.3. The summed E-state index contributed by atoms with van der Waals surface area (Å²) >= 11 is 0. The van der Waals surface area contributed by atoms with Gasteiger partial charge in [0.25, 0.3) is 0 Å². The van der Waals surface area contributed by atoms with Crippen molar-refractivity contribution in [2.45, 2.75) is 104 Å². The third-order valence-corrected chi connectivity index (χ3v) is 9.29. The van der Waals surface area contributed by atoms with E-state index in [1.807, 2.05) is 6.92 Å². The zero-order valence-corrected chi connectivity index (χ0v) is 35.0. The van der Waals surface area contributed by atoms with Gasteiger partial charge in [0.1, 0.15) is 25.6 Å². The first-order valence-electron chi connectivity index (χ1n) is 19.2. The Kier molecular flexibility index (Phi) is 21.5. The van der Waals surface area contributed by atoms with E-state index in [1.165, 1.54) is 12.4 Å². The van der Waals surface area contributed by atoms with E-state index in [0.717, 1.165) is 17.4 Å². The van der Waals surface area contributed by atoms with Crippen molar-refractivity contribution in [1.82, 2.24) is 15.3 Å². The van der Waals surface area contributed by atoms with Crippen LogP contribution in [0.5, 0.6) is 0 Å². The van der Waals surface area contributed by atoms with Crippen molar-refractivity contribution >= 4 is 50.8 Å². The topological polar surface area (TPSA) is 240 Å². The standard InChI is InChI=1S/C41H57N5O11S/c1-29-22-33(18-17-32(29)26-57-38(51)41(2,3)4)46-37(50)31(13-9-19-43-39(42)52)23-36(49)28-56-27-35(48)16-11-21-55-20-10-15-34(47)14-8-6-7-12-30-24-44-40(45-25-30)58(5,53)54/h17-18,22,24-25,31H,6,8-11,13-16,19-21,23,26-28H2,1-5H3,(H,46,50)(H3,42,43,52)/t31-/m1/s1. The molecule has 0 saturated carbocycles. The third kappa shape index (κ3) is 20.9. The number of rotatable bonds is 26. The second-order valence-electron chi connectivity index (χ2n) is 14.9. The second-order valence-corrected chi connectivity index (χ2v) is 16.8. The van der Waals surface area contributed by atoms with Crippen molar-refractivity contribution in [2.24, 2.45) is 17.1 Å². The maximum absolute atomic E-state index is 13.3. The summed E-state index contributed by atoms with van der Waals surface area (Å²) in [5, 5.41) is 5.05. The highest BCUT2D eigenvalue weighted by Crippen LogP contribution is 2.22. The molecule has 4 N–H and O–H groups in total. The summed E-state index contributed by atoms with van der Waals surface area (Å²) in [4.78, 5) is 81.3. The number of hydrogen-bond donors (Lipinski definition) is 3. The molecule has 0 aliphatic heterocycles. The minimum absolute atomic E-state index is 0.0930. The fourth-order valence-electron chi connectivity index (χ4n) is 5.19. The van der Waals surface area contributed by atoms with E-state index in [4.69, 9.17) is 19.9 Å². The minimum Gasteiger partial charge on any atom is -0.460 e. The third-order valence-electron chi connectivity index (χ3n) is 8.42. The van der Waals surface area contributed by atoms with Crippen molar-refractivity contribution in [3.8, 4) is 11.8 Å². The van der Waals surface area contributed by atoms with Gasteiger partial charge in [-0.25, -0.2) is 23.2 Å². The van der Waals surface area contributed by atoms with Crippen LogP contribution in [0.15, 0.2) is 35.7 Å². The molecule has 0 spiro atoms. The van der Waals surface area contributed by atoms with E-state index < -0.39 is 33.1 Å². The van der Waals surface area contributed by atoms with E-state index in [0.29, 0.717) is 69.4 Å². The number of primary amides is 1. The molecule has 1 atom stereocenters. The molecule has 0 bridgehead atoms. The smallest absolute Gasteiger partial charge is 0.312 e. The zero-order valence-electron chi connectivity index (χ0n) is 34.1. The van der Waals surface area contributed by atoms with E-state index in [1.54, 1.807) is 39.0 Å². The Morgan fingerprint density at radius 1 is 0.879 bits per heavy atom. The summed E-state index contributed by atoms with van der Waals surface area (Å²) in [7, 11) is -3.47. The Balaban J connectivity index is 1.65. The monoisotopic (exact) mass is 827 g/mol. The number of benzene rings is 1. The van der Waals surface area contributed by atoms with Gasteiger partial charge in [0, 0.05) is 82.1 Å². The van der Waals surface area contributed by atoms with Crippen molar-refractivity contribution in [3.05, 3.63) is 47.3 Å². The fraction of sp³-hybridized carbons (Fsp3) is 0.561. The molecular formula is C41H57N5O11S. The number of urea groups is 1. The first-order chi connectivity index (χ1) is 27.3. The molecule has 1 aromatic carbocycles. The lowest BCUT2D eigenvalue weighted by Gasteiger charge is -2.18. The molecule has 2 aromatic rings. The van der Waals surface area contributed by atoms with Crippen molar-refractivity contribution in [2.75, 3.05) is 44.5 Å². The van der Waals surface area contributed by atoms with Gasteiger partial charge in [0.15, 0.2) is 11.6 Å². The Labute approximate surface area is 341 Å². The normalized spacial score (nSPS) is 11.8. The SMILES string of the molecule is Cc1cc(NC(=O)[C@H](CCCNC(N)=O)CC(=O)COCC(=O)CCCOCCCC(=O)CCCC#Cc2cnc(S(C)(=O)=O)nc2)ccc1COC(=O)C(C)(C)C. The predicted octanol–water partition coefficient (Wildman–Crippen LogP) is 4.19. The average Bonchev–Trinajstić information content (AvgIpc) is 3.14. The molecule has 3 amide bonds. The molecule has 0 aliphatic rings. The summed E-state index contributed by atoms with van der Waals surface area (Å²) in [5.74, 6) is 3.85. The quantitative estimate of drug-likeness (QED) is 0.0522. The van der Waals surface area contributed by atoms with Gasteiger partial charge in [0.05, 0.1) is 11.0 Å². The maximum Gasteiger partial charge on any atom is 0.312 e. The molecule has 318 valence electrons. The van der Waals surface area contributed by atoms with Crippen molar-refractivity contribution in [1.29, 1.82) is 0 Å². The number of nitrogens with one attached hydrogen (secondary N) is 2. The van der Waals surface area contributed by atoms with Gasteiger partial charge in [0.2, 0.25) is 20.9 Å². The van der Waals surface area contributed by atoms with Crippen LogP contribution in [0.3, 0.4) is 0 Å². The molecule has 0 fully saturated rings. The molecule has 16 nitrogen and oxygen atoms in total. The highest BCUT2D eigenvalue weighted by molar-refractivity contribution is 7.90. The van der Waals surface area contributed by atoms with Crippen LogP contribution in [0.25, 0.3) is 0 Å². The number of anilines is 1. The molecule has 0 saturated heterocycles. The average molecular weight is 828 g/mol. The van der Waals surface area contributed by atoms with E-state index in [2.05, 4.69) is 32.4 Å². The van der Waals surface area contributed by atoms with Crippen LogP contribution in [0, 0.1) is 30.1 Å². The largest absolute Gasteiger partial charge is 0.460 e. The lowest BCUT2D eigenvalue weighted by molar-refractivity contribution is -0.154. The zero-order chi connectivity index (χ0) is 43.1. The lowest BCUT2D eigenvalue weighted by Crippen LogP contribution is -2.31. The van der Waals surface area contributed by atoms with Gasteiger partial charge in [-0.05, 0) is 83.1 Å². The summed E-state index contributed by atoms with van der Waals surface area (Å²) in [6, 6.07) is 4.51. The maximum atomic E-state index is 13.3. The number of nitrogens with two attached hydrogens (primary N) is 1. The number of Topliss-reactive ketones (excluding diaryl/α,β-unsaturated/α-hetero) is 3. The molecular weight excluding hydrogens is 771 g/mol. The molecule has 0 radical (unpaired) electrons. The van der Waals surface area contributed by atoms with E-state index in [9.17, 15) is 37.2 Å². The Bertz CT molecular complexity index is 1880. The molecule has 17 heteroatoms. The van der Waals surface area contributed by atoms with E-state index in [-0.39, 0.29) is 74.1 Å². The number of carbonyl (C=O) groups is 6. The number of nitrogens with zero attached hydrogens (tertiary/aromatic N) is 2. The van der Waals surface area contributed by atoms with Gasteiger partial charge in [-0.15, -0.1) is 0 Å². The molecule has 58 heavy (non-hydrogen) atoms. The molecule has 0 aliphatic carbocycles. The van der Waals surface area contributed by atoms with Crippen molar-refractivity contribution < 1.29 is 51.4 Å². The number of sulfone groups is 1. The number of aromatic nitrogens is 2. The van der Waals surface area contributed by atoms with Crippen molar-refractivity contribution in [3.63, 3.8) is 0 Å². The Morgan fingerprint density at radius 2 is 1.52 bits per heavy atom. The number of carbonyl (C=O) groups excluding carboxylic acids is 6. The van der Waals surface area contributed by atoms with Crippen LogP contribution in [-0.4, -0.2) is 92.9 Å². The van der Waals surface area contributed by atoms with Crippen LogP contribution >= 0.6 is 0 Å². The van der Waals surface area contributed by atoms with Crippen LogP contribution in [0.2, 0.25) is 0 Å². The van der Waals surface area contributed by atoms with Crippen LogP contribution < -0.4 is 16.4 Å². The van der Waals surface area contributed by atoms with Gasteiger partial charge >= 0.3 is 12.0 Å². The number of unbranched alkanes of at least 4 members (excludes halogenated alkanes) is 1. The molecule has 1 aromatic heterocycles. The first kappa shape index (κ1) is 49.1. The molecule has 1 heterocycles. The Hall–Kier alpha value is -5.05. The number of amides is 3. The summed E-state index contributed by atoms with van der Waals surface area (Å²) in [6.45, 7) is 7.57. The van der Waals surface area contributed by atoms with Gasteiger partial charge in [-0.3, -0.25) is 24.0 Å².